The molecule has 114 valence electrons. The first-order chi connectivity index (χ1) is 10.6. The Labute approximate surface area is 133 Å². The fraction of sp³-hybridized carbons (Fsp3) is 0.235. The maximum absolute atomic E-state index is 9.91. The van der Waals surface area contributed by atoms with E-state index in [1.807, 2.05) is 41.0 Å². The summed E-state index contributed by atoms with van der Waals surface area (Å²) in [4.78, 5) is 4.49. The van der Waals surface area contributed by atoms with E-state index in [-0.39, 0.29) is 0 Å². The molecule has 0 aliphatic rings. The van der Waals surface area contributed by atoms with Crippen molar-refractivity contribution in [2.75, 3.05) is 6.61 Å². The van der Waals surface area contributed by atoms with Gasteiger partial charge in [-0.15, -0.1) is 0 Å². The first-order valence-corrected chi connectivity index (χ1v) is 7.54. The maximum Gasteiger partial charge on any atom is 0.138 e. The second-order valence-electron chi connectivity index (χ2n) is 5.09. The molecule has 22 heavy (non-hydrogen) atoms. The Kier molecular flexibility index (Phi) is 4.32. The maximum atomic E-state index is 9.91. The van der Waals surface area contributed by atoms with Crippen molar-refractivity contribution in [3.05, 3.63) is 59.4 Å². The van der Waals surface area contributed by atoms with Crippen molar-refractivity contribution in [2.24, 2.45) is 0 Å². The average molecular weight is 317 g/mol. The first kappa shape index (κ1) is 14.9. The summed E-state index contributed by atoms with van der Waals surface area (Å²) in [5.74, 6) is 1.42. The third-order valence-corrected chi connectivity index (χ3v) is 3.71. The highest BCUT2D eigenvalue weighted by atomic mass is 35.5. The molecular formula is C17H17ClN2O2. The molecule has 1 atom stereocenters. The van der Waals surface area contributed by atoms with Crippen molar-refractivity contribution in [1.29, 1.82) is 0 Å². The van der Waals surface area contributed by atoms with E-state index in [4.69, 9.17) is 16.3 Å². The summed E-state index contributed by atoms with van der Waals surface area (Å²) < 4.78 is 7.73. The van der Waals surface area contributed by atoms with Gasteiger partial charge in [0.25, 0.3) is 0 Å². The van der Waals surface area contributed by atoms with Gasteiger partial charge < -0.3 is 14.4 Å². The Morgan fingerprint density at radius 2 is 1.91 bits per heavy atom. The van der Waals surface area contributed by atoms with E-state index < -0.39 is 6.10 Å². The highest BCUT2D eigenvalue weighted by Crippen LogP contribution is 2.21. The normalized spacial score (nSPS) is 12.5. The lowest BCUT2D eigenvalue weighted by Crippen LogP contribution is -2.12. The first-order valence-electron chi connectivity index (χ1n) is 7.17. The van der Waals surface area contributed by atoms with Crippen LogP contribution in [0.15, 0.2) is 48.5 Å². The predicted molar refractivity (Wildman–Crippen MR) is 87.3 cm³/mol. The molecule has 0 bridgehead atoms. The quantitative estimate of drug-likeness (QED) is 0.778. The van der Waals surface area contributed by atoms with Crippen LogP contribution in [0.5, 0.6) is 5.75 Å². The topological polar surface area (TPSA) is 47.3 Å². The van der Waals surface area contributed by atoms with Crippen molar-refractivity contribution in [3.8, 4) is 5.75 Å². The highest BCUT2D eigenvalue weighted by molar-refractivity contribution is 6.30. The summed E-state index contributed by atoms with van der Waals surface area (Å²) >= 11 is 5.85. The third-order valence-electron chi connectivity index (χ3n) is 3.46. The van der Waals surface area contributed by atoms with Gasteiger partial charge in [-0.1, -0.05) is 23.7 Å². The Hall–Kier alpha value is -2.04. The second-order valence-corrected chi connectivity index (χ2v) is 5.53. The molecule has 0 radical (unpaired) electrons. The van der Waals surface area contributed by atoms with Gasteiger partial charge in [0.05, 0.1) is 17.6 Å². The van der Waals surface area contributed by atoms with E-state index in [0.29, 0.717) is 24.0 Å². The summed E-state index contributed by atoms with van der Waals surface area (Å²) in [6.07, 6.45) is -0.622. The van der Waals surface area contributed by atoms with Gasteiger partial charge in [0.2, 0.25) is 0 Å². The van der Waals surface area contributed by atoms with Gasteiger partial charge in [0.15, 0.2) is 0 Å². The Balaban J connectivity index is 1.78. The molecule has 3 aromatic rings. The molecule has 4 nitrogen and oxygen atoms in total. The van der Waals surface area contributed by atoms with Gasteiger partial charge in [0, 0.05) is 5.02 Å². The van der Waals surface area contributed by atoms with Crippen LogP contribution in [0.1, 0.15) is 18.9 Å². The summed E-state index contributed by atoms with van der Waals surface area (Å²) in [6, 6.07) is 15.1. The zero-order chi connectivity index (χ0) is 15.5. The van der Waals surface area contributed by atoms with Gasteiger partial charge in [-0.05, 0) is 43.3 Å². The highest BCUT2D eigenvalue weighted by Gasteiger charge is 2.14. The SMILES string of the molecule is C[C@H](O)c1nc2ccccc2n1CCOc1ccc(Cl)cc1. The molecule has 0 unspecified atom stereocenters. The lowest BCUT2D eigenvalue weighted by molar-refractivity contribution is 0.181. The molecule has 1 N–H and O–H groups in total. The van der Waals surface area contributed by atoms with Crippen LogP contribution in [-0.4, -0.2) is 21.3 Å². The Bertz CT molecular complexity index is 766. The molecule has 0 saturated carbocycles. The van der Waals surface area contributed by atoms with E-state index in [1.165, 1.54) is 0 Å². The zero-order valence-corrected chi connectivity index (χ0v) is 13.0. The van der Waals surface area contributed by atoms with Crippen molar-refractivity contribution in [3.63, 3.8) is 0 Å². The molecule has 1 heterocycles. The molecule has 0 aliphatic heterocycles. The smallest absolute Gasteiger partial charge is 0.138 e. The van der Waals surface area contributed by atoms with Gasteiger partial charge >= 0.3 is 0 Å². The predicted octanol–water partition coefficient (Wildman–Crippen LogP) is 3.82. The fourth-order valence-electron chi connectivity index (χ4n) is 2.43. The van der Waals surface area contributed by atoms with Crippen molar-refractivity contribution >= 4 is 22.6 Å². The number of ether oxygens (including phenoxy) is 1. The van der Waals surface area contributed by atoms with Crippen LogP contribution >= 0.6 is 11.6 Å². The lowest BCUT2D eigenvalue weighted by atomic mass is 10.3. The number of hydrogen-bond acceptors (Lipinski definition) is 3. The van der Waals surface area contributed by atoms with Crippen molar-refractivity contribution in [2.45, 2.75) is 19.6 Å². The van der Waals surface area contributed by atoms with Crippen LogP contribution in [0.25, 0.3) is 11.0 Å². The van der Waals surface area contributed by atoms with E-state index >= 15 is 0 Å². The molecule has 0 fully saturated rings. The monoisotopic (exact) mass is 316 g/mol. The van der Waals surface area contributed by atoms with Crippen LogP contribution in [0, 0.1) is 0 Å². The van der Waals surface area contributed by atoms with Crippen molar-refractivity contribution < 1.29 is 9.84 Å². The fourth-order valence-corrected chi connectivity index (χ4v) is 2.56. The van der Waals surface area contributed by atoms with Crippen LogP contribution in [0.4, 0.5) is 0 Å². The molecular weight excluding hydrogens is 300 g/mol. The minimum absolute atomic E-state index is 0.488. The zero-order valence-electron chi connectivity index (χ0n) is 12.2. The molecule has 0 amide bonds. The molecule has 2 aromatic carbocycles. The standard InChI is InChI=1S/C17H17ClN2O2/c1-12(21)17-19-15-4-2-3-5-16(15)20(17)10-11-22-14-8-6-13(18)7-9-14/h2-9,12,21H,10-11H2,1H3/t12-/m0/s1. The lowest BCUT2D eigenvalue weighted by Gasteiger charge is -2.12. The number of imidazole rings is 1. The molecule has 3 rings (SSSR count). The molecule has 0 spiro atoms. The number of halogens is 1. The number of fused-ring (bicyclic) bond motifs is 1. The van der Waals surface area contributed by atoms with E-state index in [1.54, 1.807) is 19.1 Å². The molecule has 0 aliphatic carbocycles. The summed E-state index contributed by atoms with van der Waals surface area (Å²) in [5.41, 5.74) is 1.88. The van der Waals surface area contributed by atoms with Gasteiger partial charge in [-0.2, -0.15) is 0 Å². The number of aliphatic hydroxyl groups excluding tert-OH is 1. The number of benzene rings is 2. The number of aromatic nitrogens is 2. The van der Waals surface area contributed by atoms with Crippen LogP contribution in [0.2, 0.25) is 5.02 Å². The van der Waals surface area contributed by atoms with Crippen LogP contribution < -0.4 is 4.74 Å². The second kappa shape index (κ2) is 6.38. The number of nitrogens with zero attached hydrogens (tertiary/aromatic N) is 2. The number of aliphatic hydroxyl groups is 1. The summed E-state index contributed by atoms with van der Waals surface area (Å²) in [6.45, 7) is 2.82. The number of hydrogen-bond donors (Lipinski definition) is 1. The third kappa shape index (κ3) is 3.08. The van der Waals surface area contributed by atoms with Crippen molar-refractivity contribution in [1.82, 2.24) is 9.55 Å². The van der Waals surface area contributed by atoms with E-state index in [2.05, 4.69) is 4.98 Å². The molecule has 5 heteroatoms. The van der Waals surface area contributed by atoms with E-state index in [0.717, 1.165) is 16.8 Å². The van der Waals surface area contributed by atoms with E-state index in [9.17, 15) is 5.11 Å². The number of rotatable bonds is 5. The van der Waals surface area contributed by atoms with Gasteiger partial charge in [-0.3, -0.25) is 0 Å². The summed E-state index contributed by atoms with van der Waals surface area (Å²) in [5, 5.41) is 10.6. The Morgan fingerprint density at radius 3 is 2.64 bits per heavy atom. The minimum atomic E-state index is -0.622. The summed E-state index contributed by atoms with van der Waals surface area (Å²) in [7, 11) is 0. The molecule has 0 saturated heterocycles. The largest absolute Gasteiger partial charge is 0.492 e. The number of para-hydroxylation sites is 2. The van der Waals surface area contributed by atoms with Gasteiger partial charge in [0.1, 0.15) is 24.3 Å². The van der Waals surface area contributed by atoms with Crippen LogP contribution in [0.3, 0.4) is 0 Å². The molecule has 1 aromatic heterocycles. The minimum Gasteiger partial charge on any atom is -0.492 e. The van der Waals surface area contributed by atoms with Crippen LogP contribution in [-0.2, 0) is 6.54 Å². The average Bonchev–Trinajstić information content (AvgIpc) is 2.89. The Morgan fingerprint density at radius 1 is 1.18 bits per heavy atom. The van der Waals surface area contributed by atoms with Gasteiger partial charge in [-0.25, -0.2) is 4.98 Å².